The van der Waals surface area contributed by atoms with Gasteiger partial charge in [0.25, 0.3) is 0 Å². The zero-order valence-corrected chi connectivity index (χ0v) is 8.23. The molecule has 4 heteroatoms. The summed E-state index contributed by atoms with van der Waals surface area (Å²) >= 11 is 5.14. The van der Waals surface area contributed by atoms with E-state index >= 15 is 0 Å². The van der Waals surface area contributed by atoms with Crippen molar-refractivity contribution in [1.29, 1.82) is 0 Å². The van der Waals surface area contributed by atoms with Crippen molar-refractivity contribution >= 4 is 23.1 Å². The first-order valence-corrected chi connectivity index (χ1v) is 4.54. The van der Waals surface area contributed by atoms with Crippen molar-refractivity contribution in [1.82, 2.24) is 5.32 Å². The molecule has 0 spiro atoms. The molecule has 3 nitrogen and oxygen atoms in total. The van der Waals surface area contributed by atoms with E-state index in [1.54, 1.807) is 0 Å². The van der Waals surface area contributed by atoms with Crippen molar-refractivity contribution in [3.05, 3.63) is 23.9 Å². The van der Waals surface area contributed by atoms with Gasteiger partial charge in [0.1, 0.15) is 0 Å². The van der Waals surface area contributed by atoms with Gasteiger partial charge in [-0.2, -0.15) is 0 Å². The molecule has 2 amide bonds. The molecule has 0 heterocycles. The molecule has 13 heavy (non-hydrogen) atoms. The van der Waals surface area contributed by atoms with Crippen LogP contribution in [0.4, 0.5) is 4.79 Å². The van der Waals surface area contributed by atoms with Gasteiger partial charge in [0.05, 0.1) is 0 Å². The smallest absolute Gasteiger partial charge is 0.316 e. The van der Waals surface area contributed by atoms with Crippen LogP contribution in [0.1, 0.15) is 13.3 Å². The van der Waals surface area contributed by atoms with Crippen LogP contribution in [0.5, 0.6) is 0 Å². The van der Waals surface area contributed by atoms with Gasteiger partial charge >= 0.3 is 6.03 Å². The van der Waals surface area contributed by atoms with Crippen molar-refractivity contribution in [3.63, 3.8) is 0 Å². The molecule has 0 saturated carbocycles. The SMILES string of the molecule is CCC1C(=S)C=CC=C1NC(N)=O. The van der Waals surface area contributed by atoms with E-state index in [1.165, 1.54) is 0 Å². The van der Waals surface area contributed by atoms with E-state index in [9.17, 15) is 4.79 Å². The topological polar surface area (TPSA) is 55.1 Å². The van der Waals surface area contributed by atoms with Gasteiger partial charge in [-0.15, -0.1) is 0 Å². The summed E-state index contributed by atoms with van der Waals surface area (Å²) < 4.78 is 0. The van der Waals surface area contributed by atoms with Crippen LogP contribution in [-0.2, 0) is 0 Å². The molecule has 1 aliphatic carbocycles. The fourth-order valence-corrected chi connectivity index (χ4v) is 1.70. The Morgan fingerprint density at radius 3 is 3.00 bits per heavy atom. The number of nitrogens with one attached hydrogen (secondary N) is 1. The highest BCUT2D eigenvalue weighted by atomic mass is 32.1. The Morgan fingerprint density at radius 2 is 2.46 bits per heavy atom. The van der Waals surface area contributed by atoms with Crippen LogP contribution in [0, 0.1) is 5.92 Å². The van der Waals surface area contributed by atoms with E-state index in [1.807, 2.05) is 25.2 Å². The number of thiocarbonyl (C=S) groups is 1. The Labute approximate surface area is 82.7 Å². The Kier molecular flexibility index (Phi) is 3.19. The molecule has 1 unspecified atom stereocenters. The van der Waals surface area contributed by atoms with Gasteiger partial charge < -0.3 is 11.1 Å². The fraction of sp³-hybridized carbons (Fsp3) is 0.333. The van der Waals surface area contributed by atoms with Crippen LogP contribution in [0.3, 0.4) is 0 Å². The first-order chi connectivity index (χ1) is 6.15. The van der Waals surface area contributed by atoms with Crippen LogP contribution in [-0.4, -0.2) is 10.9 Å². The molecule has 0 saturated heterocycles. The number of amides is 2. The predicted octanol–water partition coefficient (Wildman–Crippen LogP) is 1.50. The van der Waals surface area contributed by atoms with E-state index in [2.05, 4.69) is 5.32 Å². The number of hydrogen-bond donors (Lipinski definition) is 2. The lowest BCUT2D eigenvalue weighted by Gasteiger charge is -2.20. The largest absolute Gasteiger partial charge is 0.351 e. The van der Waals surface area contributed by atoms with Gasteiger partial charge in [-0.1, -0.05) is 25.2 Å². The molecule has 1 rings (SSSR count). The van der Waals surface area contributed by atoms with Crippen molar-refractivity contribution in [2.24, 2.45) is 11.7 Å². The molecule has 0 aliphatic heterocycles. The summed E-state index contributed by atoms with van der Waals surface area (Å²) in [4.78, 5) is 11.5. The normalized spacial score (nSPS) is 21.2. The lowest BCUT2D eigenvalue weighted by Crippen LogP contribution is -2.34. The minimum absolute atomic E-state index is 0.118. The van der Waals surface area contributed by atoms with Gasteiger partial charge in [0.2, 0.25) is 0 Å². The molecule has 0 bridgehead atoms. The van der Waals surface area contributed by atoms with Crippen molar-refractivity contribution in [2.75, 3.05) is 0 Å². The van der Waals surface area contributed by atoms with Gasteiger partial charge in [-0.3, -0.25) is 0 Å². The van der Waals surface area contributed by atoms with Crippen molar-refractivity contribution in [2.45, 2.75) is 13.3 Å². The number of hydrogen-bond acceptors (Lipinski definition) is 2. The van der Waals surface area contributed by atoms with Gasteiger partial charge in [-0.05, 0) is 18.6 Å². The summed E-state index contributed by atoms with van der Waals surface area (Å²) in [6.45, 7) is 2.02. The maximum absolute atomic E-state index is 10.6. The zero-order valence-electron chi connectivity index (χ0n) is 7.41. The number of carbonyl (C=O) groups excluding carboxylic acids is 1. The van der Waals surface area contributed by atoms with E-state index in [-0.39, 0.29) is 5.92 Å². The molecule has 0 fully saturated rings. The third kappa shape index (κ3) is 2.39. The van der Waals surface area contributed by atoms with Crippen molar-refractivity contribution in [3.8, 4) is 0 Å². The molecule has 0 aromatic heterocycles. The number of primary amides is 1. The number of rotatable bonds is 2. The average Bonchev–Trinajstić information content (AvgIpc) is 2.03. The van der Waals surface area contributed by atoms with Crippen LogP contribution in [0.15, 0.2) is 23.9 Å². The quantitative estimate of drug-likeness (QED) is 0.658. The summed E-state index contributed by atoms with van der Waals surface area (Å²) in [5.41, 5.74) is 5.82. The summed E-state index contributed by atoms with van der Waals surface area (Å²) in [6.07, 6.45) is 6.39. The second-order valence-corrected chi connectivity index (χ2v) is 3.30. The lowest BCUT2D eigenvalue weighted by molar-refractivity contribution is 0.250. The van der Waals surface area contributed by atoms with Crippen LogP contribution >= 0.6 is 12.2 Å². The van der Waals surface area contributed by atoms with Gasteiger partial charge in [0, 0.05) is 16.5 Å². The van der Waals surface area contributed by atoms with Gasteiger partial charge in [-0.25, -0.2) is 4.79 Å². The standard InChI is InChI=1S/C9H12N2OS/c1-2-6-7(11-9(10)12)4-3-5-8(6)13/h3-6H,2H2,1H3,(H3,10,11,12). The second kappa shape index (κ2) is 4.18. The molecule has 0 aromatic rings. The number of urea groups is 1. The van der Waals surface area contributed by atoms with Gasteiger partial charge in [0.15, 0.2) is 0 Å². The second-order valence-electron chi connectivity index (χ2n) is 2.83. The monoisotopic (exact) mass is 196 g/mol. The highest BCUT2D eigenvalue weighted by Crippen LogP contribution is 2.19. The first-order valence-electron chi connectivity index (χ1n) is 4.13. The lowest BCUT2D eigenvalue weighted by atomic mass is 9.94. The summed E-state index contributed by atoms with van der Waals surface area (Å²) in [5, 5.41) is 2.57. The van der Waals surface area contributed by atoms with Crippen molar-refractivity contribution < 1.29 is 4.79 Å². The molecular formula is C9H12N2OS. The molecule has 70 valence electrons. The number of nitrogens with two attached hydrogens (primary N) is 1. The molecular weight excluding hydrogens is 184 g/mol. The summed E-state index contributed by atoms with van der Waals surface area (Å²) in [5.74, 6) is 0.118. The third-order valence-electron chi connectivity index (χ3n) is 1.93. The average molecular weight is 196 g/mol. The first kappa shape index (κ1) is 9.92. The Bertz CT molecular complexity index is 294. The third-order valence-corrected chi connectivity index (χ3v) is 2.35. The van der Waals surface area contributed by atoms with E-state index in [4.69, 9.17) is 18.0 Å². The summed E-state index contributed by atoms with van der Waals surface area (Å²) in [7, 11) is 0. The highest BCUT2D eigenvalue weighted by molar-refractivity contribution is 7.80. The highest BCUT2D eigenvalue weighted by Gasteiger charge is 2.18. The Morgan fingerprint density at radius 1 is 1.77 bits per heavy atom. The number of allylic oxidation sites excluding steroid dienone is 4. The van der Waals surface area contributed by atoms with Crippen LogP contribution in [0.25, 0.3) is 0 Å². The maximum atomic E-state index is 10.6. The summed E-state index contributed by atoms with van der Waals surface area (Å²) in [6, 6.07) is -0.539. The molecule has 0 aromatic carbocycles. The van der Waals surface area contributed by atoms with E-state index in [0.717, 1.165) is 17.0 Å². The van der Waals surface area contributed by atoms with Crippen LogP contribution < -0.4 is 11.1 Å². The Balaban J connectivity index is 2.80. The molecule has 1 aliphatic rings. The minimum Gasteiger partial charge on any atom is -0.351 e. The Hall–Kier alpha value is -1.16. The van der Waals surface area contributed by atoms with Crippen LogP contribution in [0.2, 0.25) is 0 Å². The zero-order chi connectivity index (χ0) is 9.84. The number of carbonyl (C=O) groups is 1. The molecule has 0 radical (unpaired) electrons. The fourth-order valence-electron chi connectivity index (χ4n) is 1.32. The predicted molar refractivity (Wildman–Crippen MR) is 56.3 cm³/mol. The molecule has 1 atom stereocenters. The molecule has 3 N–H and O–H groups in total. The van der Waals surface area contributed by atoms with E-state index in [0.29, 0.717) is 0 Å². The van der Waals surface area contributed by atoms with E-state index < -0.39 is 6.03 Å². The minimum atomic E-state index is -0.539. The maximum Gasteiger partial charge on any atom is 0.316 e.